The second-order valence-corrected chi connectivity index (χ2v) is 4.98. The molecule has 1 fully saturated rings. The molecule has 0 saturated heterocycles. The number of carbonyl (C=O) groups is 1. The molecule has 1 amide bonds. The molecule has 0 spiro atoms. The van der Waals surface area contributed by atoms with Crippen LogP contribution >= 0.6 is 0 Å². The molecule has 1 aliphatic carbocycles. The standard InChI is InChI=1S/C13H15FN2O2/c1-16(7-3-2-4-7)11-6-10-8(5-9(11)14)12(17)13(18)15-10/h5-7,12,17H,2-4H2,1H3,(H,15,18). The lowest BCUT2D eigenvalue weighted by Gasteiger charge is -2.36. The summed E-state index contributed by atoms with van der Waals surface area (Å²) in [5.74, 6) is -0.883. The highest BCUT2D eigenvalue weighted by Gasteiger charge is 2.31. The number of hydrogen-bond donors (Lipinski definition) is 2. The Kier molecular flexibility index (Phi) is 2.52. The molecule has 1 aromatic rings. The zero-order valence-corrected chi connectivity index (χ0v) is 10.1. The van der Waals surface area contributed by atoms with Crippen LogP contribution < -0.4 is 10.2 Å². The number of nitrogens with one attached hydrogen (secondary N) is 1. The summed E-state index contributed by atoms with van der Waals surface area (Å²) in [6.07, 6.45) is 2.07. The fourth-order valence-corrected chi connectivity index (χ4v) is 2.50. The summed E-state index contributed by atoms with van der Waals surface area (Å²) in [4.78, 5) is 13.2. The minimum atomic E-state index is -1.25. The minimum absolute atomic E-state index is 0.322. The molecule has 0 bridgehead atoms. The van der Waals surface area contributed by atoms with E-state index in [0.29, 0.717) is 23.0 Å². The highest BCUT2D eigenvalue weighted by molar-refractivity contribution is 6.02. The summed E-state index contributed by atoms with van der Waals surface area (Å²) in [6.45, 7) is 0. The average Bonchev–Trinajstić information content (AvgIpc) is 2.52. The molecule has 2 aliphatic rings. The van der Waals surface area contributed by atoms with Crippen LogP contribution in [0.2, 0.25) is 0 Å². The molecule has 1 heterocycles. The first-order valence-electron chi connectivity index (χ1n) is 6.13. The maximum absolute atomic E-state index is 14.0. The van der Waals surface area contributed by atoms with Gasteiger partial charge in [0.2, 0.25) is 0 Å². The number of nitrogens with zero attached hydrogens (tertiary/aromatic N) is 1. The van der Waals surface area contributed by atoms with Gasteiger partial charge < -0.3 is 15.3 Å². The van der Waals surface area contributed by atoms with E-state index in [2.05, 4.69) is 5.32 Å². The number of halogens is 1. The van der Waals surface area contributed by atoms with Gasteiger partial charge in [0.1, 0.15) is 5.82 Å². The number of amides is 1. The average molecular weight is 250 g/mol. The van der Waals surface area contributed by atoms with E-state index in [9.17, 15) is 14.3 Å². The summed E-state index contributed by atoms with van der Waals surface area (Å²) < 4.78 is 14.0. The predicted octanol–water partition coefficient (Wildman–Crippen LogP) is 1.80. The molecule has 1 atom stereocenters. The number of aliphatic hydroxyl groups is 1. The zero-order valence-electron chi connectivity index (χ0n) is 10.1. The monoisotopic (exact) mass is 250 g/mol. The lowest BCUT2D eigenvalue weighted by Crippen LogP contribution is -2.37. The molecular formula is C13H15FN2O2. The van der Waals surface area contributed by atoms with Crippen LogP contribution in [0.3, 0.4) is 0 Å². The fourth-order valence-electron chi connectivity index (χ4n) is 2.50. The molecule has 2 N–H and O–H groups in total. The quantitative estimate of drug-likeness (QED) is 0.841. The van der Waals surface area contributed by atoms with Gasteiger partial charge in [-0.1, -0.05) is 0 Å². The van der Waals surface area contributed by atoms with Crippen molar-refractivity contribution in [2.24, 2.45) is 0 Å². The van der Waals surface area contributed by atoms with Gasteiger partial charge in [-0.2, -0.15) is 0 Å². The molecule has 0 radical (unpaired) electrons. The van der Waals surface area contributed by atoms with Crippen molar-refractivity contribution in [3.05, 3.63) is 23.5 Å². The van der Waals surface area contributed by atoms with Crippen molar-refractivity contribution in [1.82, 2.24) is 0 Å². The second-order valence-electron chi connectivity index (χ2n) is 4.98. The number of carbonyl (C=O) groups excluding carboxylic acids is 1. The van der Waals surface area contributed by atoms with Gasteiger partial charge in [0.25, 0.3) is 5.91 Å². The SMILES string of the molecule is CN(c1cc2c(cc1F)C(O)C(=O)N2)C1CCC1. The highest BCUT2D eigenvalue weighted by atomic mass is 19.1. The van der Waals surface area contributed by atoms with E-state index in [-0.39, 0.29) is 0 Å². The van der Waals surface area contributed by atoms with E-state index < -0.39 is 17.8 Å². The summed E-state index contributed by atoms with van der Waals surface area (Å²) >= 11 is 0. The summed E-state index contributed by atoms with van der Waals surface area (Å²) in [6, 6.07) is 3.24. The maximum atomic E-state index is 14.0. The van der Waals surface area contributed by atoms with Crippen LogP contribution in [0, 0.1) is 5.82 Å². The lowest BCUT2D eigenvalue weighted by molar-refractivity contribution is -0.123. The lowest BCUT2D eigenvalue weighted by atomic mass is 9.91. The van der Waals surface area contributed by atoms with Crippen LogP contribution in [0.1, 0.15) is 30.9 Å². The first-order chi connectivity index (χ1) is 8.58. The van der Waals surface area contributed by atoms with E-state index in [1.54, 1.807) is 6.07 Å². The third kappa shape index (κ3) is 1.58. The highest BCUT2D eigenvalue weighted by Crippen LogP contribution is 2.37. The Morgan fingerprint density at radius 1 is 1.44 bits per heavy atom. The Morgan fingerprint density at radius 3 is 2.78 bits per heavy atom. The van der Waals surface area contributed by atoms with Gasteiger partial charge >= 0.3 is 0 Å². The van der Waals surface area contributed by atoms with E-state index in [1.807, 2.05) is 11.9 Å². The number of hydrogen-bond acceptors (Lipinski definition) is 3. The first kappa shape index (κ1) is 11.5. The number of benzene rings is 1. The zero-order chi connectivity index (χ0) is 12.9. The molecule has 4 nitrogen and oxygen atoms in total. The summed E-state index contributed by atoms with van der Waals surface area (Å²) in [5.41, 5.74) is 1.31. The Morgan fingerprint density at radius 2 is 2.17 bits per heavy atom. The van der Waals surface area contributed by atoms with Crippen LogP contribution in [0.25, 0.3) is 0 Å². The van der Waals surface area contributed by atoms with E-state index in [1.165, 1.54) is 12.5 Å². The molecule has 1 unspecified atom stereocenters. The van der Waals surface area contributed by atoms with Crippen LogP contribution in [0.5, 0.6) is 0 Å². The van der Waals surface area contributed by atoms with Crippen molar-refractivity contribution in [2.75, 3.05) is 17.3 Å². The molecule has 5 heteroatoms. The molecular weight excluding hydrogens is 235 g/mol. The smallest absolute Gasteiger partial charge is 0.257 e. The molecule has 3 rings (SSSR count). The van der Waals surface area contributed by atoms with E-state index in [0.717, 1.165) is 12.8 Å². The van der Waals surface area contributed by atoms with Gasteiger partial charge in [0, 0.05) is 24.3 Å². The molecule has 96 valence electrons. The Balaban J connectivity index is 1.97. The van der Waals surface area contributed by atoms with Crippen molar-refractivity contribution in [1.29, 1.82) is 0 Å². The molecule has 0 aromatic heterocycles. The van der Waals surface area contributed by atoms with E-state index in [4.69, 9.17) is 0 Å². The first-order valence-corrected chi connectivity index (χ1v) is 6.13. The number of aliphatic hydroxyl groups excluding tert-OH is 1. The van der Waals surface area contributed by atoms with Crippen LogP contribution in [0.15, 0.2) is 12.1 Å². The predicted molar refractivity (Wildman–Crippen MR) is 66.0 cm³/mol. The molecule has 1 saturated carbocycles. The maximum Gasteiger partial charge on any atom is 0.257 e. The third-order valence-corrected chi connectivity index (χ3v) is 3.92. The van der Waals surface area contributed by atoms with Gasteiger partial charge in [-0.25, -0.2) is 4.39 Å². The minimum Gasteiger partial charge on any atom is -0.378 e. The molecule has 18 heavy (non-hydrogen) atoms. The van der Waals surface area contributed by atoms with Gasteiger partial charge in [-0.15, -0.1) is 0 Å². The normalized spacial score (nSPS) is 22.4. The van der Waals surface area contributed by atoms with Crippen molar-refractivity contribution in [3.63, 3.8) is 0 Å². The summed E-state index contributed by atoms with van der Waals surface area (Å²) in [7, 11) is 1.86. The van der Waals surface area contributed by atoms with Gasteiger partial charge in [0.15, 0.2) is 6.10 Å². The van der Waals surface area contributed by atoms with Crippen molar-refractivity contribution in [2.45, 2.75) is 31.4 Å². The number of rotatable bonds is 2. The number of fused-ring (bicyclic) bond motifs is 1. The molecule has 1 aliphatic heterocycles. The van der Waals surface area contributed by atoms with Crippen LogP contribution in [-0.4, -0.2) is 24.1 Å². The van der Waals surface area contributed by atoms with Crippen LogP contribution in [0.4, 0.5) is 15.8 Å². The summed E-state index contributed by atoms with van der Waals surface area (Å²) in [5, 5.41) is 12.1. The largest absolute Gasteiger partial charge is 0.378 e. The topological polar surface area (TPSA) is 52.6 Å². The Hall–Kier alpha value is -1.62. The van der Waals surface area contributed by atoms with Gasteiger partial charge in [0.05, 0.1) is 5.69 Å². The van der Waals surface area contributed by atoms with E-state index >= 15 is 0 Å². The Bertz CT molecular complexity index is 514. The Labute approximate surface area is 104 Å². The van der Waals surface area contributed by atoms with Crippen LogP contribution in [-0.2, 0) is 4.79 Å². The third-order valence-electron chi connectivity index (χ3n) is 3.92. The van der Waals surface area contributed by atoms with Gasteiger partial charge in [-0.3, -0.25) is 4.79 Å². The molecule has 1 aromatic carbocycles. The van der Waals surface area contributed by atoms with Gasteiger partial charge in [-0.05, 0) is 31.4 Å². The van der Waals surface area contributed by atoms with Crippen molar-refractivity contribution in [3.8, 4) is 0 Å². The fraction of sp³-hybridized carbons (Fsp3) is 0.462. The second kappa shape index (κ2) is 3.95. The van der Waals surface area contributed by atoms with Crippen molar-refractivity contribution < 1.29 is 14.3 Å². The number of anilines is 2. The van der Waals surface area contributed by atoms with Crippen molar-refractivity contribution >= 4 is 17.3 Å².